The first-order chi connectivity index (χ1) is 9.87. The van der Waals surface area contributed by atoms with Crippen LogP contribution < -0.4 is 5.32 Å². The van der Waals surface area contributed by atoms with E-state index in [1.807, 2.05) is 0 Å². The SMILES string of the molecule is CCCCCNCC(C)(C)CC(C)CCCCCC(C)C. The average molecular weight is 298 g/mol. The number of nitrogens with one attached hydrogen (secondary N) is 1. The van der Waals surface area contributed by atoms with Gasteiger partial charge in [0.05, 0.1) is 0 Å². The fraction of sp³-hybridized carbons (Fsp3) is 1.00. The van der Waals surface area contributed by atoms with Crippen LogP contribution in [0.15, 0.2) is 0 Å². The maximum atomic E-state index is 3.65. The smallest absolute Gasteiger partial charge is 0.000262 e. The van der Waals surface area contributed by atoms with E-state index in [0.29, 0.717) is 5.41 Å². The van der Waals surface area contributed by atoms with E-state index in [1.165, 1.54) is 70.9 Å². The highest BCUT2D eigenvalue weighted by molar-refractivity contribution is 4.74. The fourth-order valence-electron chi connectivity index (χ4n) is 3.27. The Morgan fingerprint density at radius 1 is 0.857 bits per heavy atom. The molecule has 1 heteroatoms. The van der Waals surface area contributed by atoms with Crippen molar-refractivity contribution < 1.29 is 0 Å². The Labute approximate surface area is 135 Å². The Morgan fingerprint density at radius 2 is 1.52 bits per heavy atom. The van der Waals surface area contributed by atoms with E-state index < -0.39 is 0 Å². The topological polar surface area (TPSA) is 12.0 Å². The van der Waals surface area contributed by atoms with Crippen LogP contribution in [0, 0.1) is 17.3 Å². The van der Waals surface area contributed by atoms with Gasteiger partial charge in [0.15, 0.2) is 0 Å². The number of hydrogen-bond acceptors (Lipinski definition) is 1. The Morgan fingerprint density at radius 3 is 2.14 bits per heavy atom. The molecule has 0 saturated heterocycles. The van der Waals surface area contributed by atoms with Gasteiger partial charge in [-0.2, -0.15) is 0 Å². The van der Waals surface area contributed by atoms with E-state index in [1.54, 1.807) is 0 Å². The molecule has 0 fully saturated rings. The molecular formula is C20H43N. The van der Waals surface area contributed by atoms with Crippen LogP contribution in [0.2, 0.25) is 0 Å². The summed E-state index contributed by atoms with van der Waals surface area (Å²) in [5.41, 5.74) is 0.448. The van der Waals surface area contributed by atoms with Crippen molar-refractivity contribution in [2.24, 2.45) is 17.3 Å². The molecular weight excluding hydrogens is 254 g/mol. The zero-order chi connectivity index (χ0) is 16.1. The summed E-state index contributed by atoms with van der Waals surface area (Å²) in [7, 11) is 0. The molecule has 0 rings (SSSR count). The van der Waals surface area contributed by atoms with Crippen molar-refractivity contribution in [2.75, 3.05) is 13.1 Å². The molecule has 0 aliphatic heterocycles. The predicted octanol–water partition coefficient (Wildman–Crippen LogP) is 6.43. The summed E-state index contributed by atoms with van der Waals surface area (Å²) >= 11 is 0. The Bertz CT molecular complexity index is 220. The summed E-state index contributed by atoms with van der Waals surface area (Å²) in [4.78, 5) is 0. The molecule has 0 aromatic heterocycles. The molecule has 0 aliphatic carbocycles. The molecule has 0 bridgehead atoms. The van der Waals surface area contributed by atoms with Gasteiger partial charge in [-0.15, -0.1) is 0 Å². The molecule has 21 heavy (non-hydrogen) atoms. The fourth-order valence-corrected chi connectivity index (χ4v) is 3.27. The van der Waals surface area contributed by atoms with Crippen molar-refractivity contribution in [1.29, 1.82) is 0 Å². The lowest BCUT2D eigenvalue weighted by atomic mass is 9.81. The van der Waals surface area contributed by atoms with Gasteiger partial charge >= 0.3 is 0 Å². The van der Waals surface area contributed by atoms with Gasteiger partial charge in [-0.3, -0.25) is 0 Å². The minimum atomic E-state index is 0.448. The lowest BCUT2D eigenvalue weighted by molar-refractivity contribution is 0.253. The summed E-state index contributed by atoms with van der Waals surface area (Å²) in [5.74, 6) is 1.75. The first kappa shape index (κ1) is 21.0. The molecule has 0 heterocycles. The molecule has 0 saturated carbocycles. The largest absolute Gasteiger partial charge is 0.316 e. The van der Waals surface area contributed by atoms with Gasteiger partial charge in [0.1, 0.15) is 0 Å². The van der Waals surface area contributed by atoms with Gasteiger partial charge in [0.25, 0.3) is 0 Å². The lowest BCUT2D eigenvalue weighted by Gasteiger charge is -2.28. The van der Waals surface area contributed by atoms with Crippen molar-refractivity contribution in [2.45, 2.75) is 99.3 Å². The lowest BCUT2D eigenvalue weighted by Crippen LogP contribution is -2.31. The van der Waals surface area contributed by atoms with E-state index in [0.717, 1.165) is 11.8 Å². The second kappa shape index (κ2) is 12.5. The molecule has 1 unspecified atom stereocenters. The van der Waals surface area contributed by atoms with Gasteiger partial charge in [-0.1, -0.05) is 86.5 Å². The predicted molar refractivity (Wildman–Crippen MR) is 97.9 cm³/mol. The third kappa shape index (κ3) is 14.7. The molecule has 128 valence electrons. The molecule has 0 radical (unpaired) electrons. The van der Waals surface area contributed by atoms with Crippen LogP contribution in [0.4, 0.5) is 0 Å². The molecule has 0 aromatic carbocycles. The highest BCUT2D eigenvalue weighted by Gasteiger charge is 2.20. The maximum absolute atomic E-state index is 3.65. The van der Waals surface area contributed by atoms with Crippen molar-refractivity contribution in [3.63, 3.8) is 0 Å². The summed E-state index contributed by atoms with van der Waals surface area (Å²) in [6.07, 6.45) is 12.5. The van der Waals surface area contributed by atoms with Crippen LogP contribution in [0.5, 0.6) is 0 Å². The van der Waals surface area contributed by atoms with E-state index in [-0.39, 0.29) is 0 Å². The first-order valence-corrected chi connectivity index (χ1v) is 9.58. The Hall–Kier alpha value is -0.0400. The van der Waals surface area contributed by atoms with Crippen LogP contribution in [0.25, 0.3) is 0 Å². The van der Waals surface area contributed by atoms with Gasteiger partial charge in [0.2, 0.25) is 0 Å². The highest BCUT2D eigenvalue weighted by atomic mass is 14.9. The molecule has 0 spiro atoms. The van der Waals surface area contributed by atoms with Crippen molar-refractivity contribution in [3.05, 3.63) is 0 Å². The molecule has 1 N–H and O–H groups in total. The zero-order valence-corrected chi connectivity index (χ0v) is 15.9. The highest BCUT2D eigenvalue weighted by Crippen LogP contribution is 2.27. The normalized spacial score (nSPS) is 13.9. The molecule has 1 atom stereocenters. The summed E-state index contributed by atoms with van der Waals surface area (Å²) in [6, 6.07) is 0. The minimum absolute atomic E-state index is 0.448. The van der Waals surface area contributed by atoms with Crippen molar-refractivity contribution in [1.82, 2.24) is 5.32 Å². The summed E-state index contributed by atoms with van der Waals surface area (Å²) in [5, 5.41) is 3.65. The quantitative estimate of drug-likeness (QED) is 0.364. The van der Waals surface area contributed by atoms with Gasteiger partial charge in [-0.25, -0.2) is 0 Å². The molecule has 0 aliphatic rings. The third-order valence-electron chi connectivity index (χ3n) is 4.44. The maximum Gasteiger partial charge on any atom is 0.000262 e. The van der Waals surface area contributed by atoms with Crippen molar-refractivity contribution >= 4 is 0 Å². The van der Waals surface area contributed by atoms with E-state index in [2.05, 4.69) is 46.9 Å². The van der Waals surface area contributed by atoms with Crippen LogP contribution in [-0.4, -0.2) is 13.1 Å². The minimum Gasteiger partial charge on any atom is -0.316 e. The van der Waals surface area contributed by atoms with E-state index in [4.69, 9.17) is 0 Å². The van der Waals surface area contributed by atoms with E-state index >= 15 is 0 Å². The van der Waals surface area contributed by atoms with Gasteiger partial charge < -0.3 is 5.32 Å². The van der Waals surface area contributed by atoms with Gasteiger partial charge in [0, 0.05) is 6.54 Å². The average Bonchev–Trinajstić information content (AvgIpc) is 2.37. The van der Waals surface area contributed by atoms with Crippen LogP contribution in [-0.2, 0) is 0 Å². The van der Waals surface area contributed by atoms with Gasteiger partial charge in [-0.05, 0) is 36.6 Å². The molecule has 0 amide bonds. The Kier molecular flexibility index (Phi) is 12.5. The summed E-state index contributed by atoms with van der Waals surface area (Å²) in [6.45, 7) is 16.6. The second-order valence-corrected chi connectivity index (χ2v) is 8.39. The third-order valence-corrected chi connectivity index (χ3v) is 4.44. The standard InChI is InChI=1S/C20H43N/c1-7-8-12-15-21-17-20(5,6)16-19(4)14-11-9-10-13-18(2)3/h18-19,21H,7-17H2,1-6H3. The number of unbranched alkanes of at least 4 members (excludes halogenated alkanes) is 4. The van der Waals surface area contributed by atoms with Crippen LogP contribution >= 0.6 is 0 Å². The number of rotatable bonds is 14. The zero-order valence-electron chi connectivity index (χ0n) is 15.9. The monoisotopic (exact) mass is 297 g/mol. The first-order valence-electron chi connectivity index (χ1n) is 9.58. The number of hydrogen-bond donors (Lipinski definition) is 1. The van der Waals surface area contributed by atoms with Crippen molar-refractivity contribution in [3.8, 4) is 0 Å². The second-order valence-electron chi connectivity index (χ2n) is 8.39. The molecule has 1 nitrogen and oxygen atoms in total. The van der Waals surface area contributed by atoms with Crippen LogP contribution in [0.3, 0.4) is 0 Å². The summed E-state index contributed by atoms with van der Waals surface area (Å²) < 4.78 is 0. The van der Waals surface area contributed by atoms with Crippen LogP contribution in [0.1, 0.15) is 99.3 Å². The van der Waals surface area contributed by atoms with E-state index in [9.17, 15) is 0 Å². The molecule has 0 aromatic rings. The Balaban J connectivity index is 3.63.